The van der Waals surface area contributed by atoms with E-state index >= 15 is 4.39 Å². The van der Waals surface area contributed by atoms with Gasteiger partial charge in [-0.25, -0.2) is 13.6 Å². The average molecular weight is 900 g/mol. The van der Waals surface area contributed by atoms with Crippen molar-refractivity contribution in [2.75, 3.05) is 47.8 Å². The normalized spacial score (nSPS) is 15.1. The Morgan fingerprint density at radius 1 is 0.938 bits per heavy atom. The third-order valence-electron chi connectivity index (χ3n) is 11.3. The number of benzene rings is 4. The maximum atomic E-state index is 15.5. The van der Waals surface area contributed by atoms with E-state index in [0.29, 0.717) is 95.8 Å². The fourth-order valence-electron chi connectivity index (χ4n) is 7.79. The van der Waals surface area contributed by atoms with Crippen molar-refractivity contribution in [1.29, 1.82) is 0 Å². The molecule has 15 nitrogen and oxygen atoms in total. The maximum Gasteiger partial charge on any atom is 0.251 e. The van der Waals surface area contributed by atoms with Crippen molar-refractivity contribution in [3.05, 3.63) is 131 Å². The summed E-state index contributed by atoms with van der Waals surface area (Å²) in [6.45, 7) is 5.20. The molecule has 1 saturated heterocycles. The molecule has 1 fully saturated rings. The zero-order chi connectivity index (χ0) is 46.0. The summed E-state index contributed by atoms with van der Waals surface area (Å²) in [6.07, 6.45) is 5.61. The van der Waals surface area contributed by atoms with Crippen molar-refractivity contribution in [2.24, 2.45) is 0 Å². The number of likely N-dealkylation sites (N-methyl/N-ethyl adjacent to an activating group) is 1. The van der Waals surface area contributed by atoms with Crippen LogP contribution in [0, 0.1) is 5.82 Å². The van der Waals surface area contributed by atoms with Crippen LogP contribution in [0.4, 0.5) is 27.3 Å². The summed E-state index contributed by atoms with van der Waals surface area (Å²) in [7, 11) is 0.00332. The van der Waals surface area contributed by atoms with Gasteiger partial charge in [-0.15, -0.1) is 0 Å². The Labute approximate surface area is 378 Å². The smallest absolute Gasteiger partial charge is 0.251 e. The number of hydrogen-bond donors (Lipinski definition) is 7. The minimum atomic E-state index is -1.81. The largest absolute Gasteiger partial charge is 0.383 e. The van der Waals surface area contributed by atoms with Crippen LogP contribution in [0.2, 0.25) is 0 Å². The number of nitrogens with zero attached hydrogens (tertiary/aromatic N) is 2. The maximum absolute atomic E-state index is 15.5. The van der Waals surface area contributed by atoms with E-state index in [9.17, 15) is 28.2 Å². The van der Waals surface area contributed by atoms with Gasteiger partial charge in [0.05, 0.1) is 17.5 Å². The first kappa shape index (κ1) is 45.9. The van der Waals surface area contributed by atoms with Crippen LogP contribution in [-0.2, 0) is 38.3 Å². The van der Waals surface area contributed by atoms with Crippen LogP contribution in [0.15, 0.2) is 108 Å². The second-order valence-electron chi connectivity index (χ2n) is 15.9. The number of allylic oxidation sites excluding steroid dienone is 1. The van der Waals surface area contributed by atoms with E-state index in [1.165, 1.54) is 18.3 Å². The third kappa shape index (κ3) is 11.5. The number of nitrogens with one attached hydrogen (secondary N) is 6. The van der Waals surface area contributed by atoms with E-state index in [1.54, 1.807) is 66.7 Å². The van der Waals surface area contributed by atoms with Gasteiger partial charge in [0.25, 0.3) is 5.91 Å². The Morgan fingerprint density at radius 2 is 1.72 bits per heavy atom. The highest BCUT2D eigenvalue weighted by atomic mass is 32.2. The Kier molecular flexibility index (Phi) is 14.9. The molecule has 0 bridgehead atoms. The molecule has 0 radical (unpaired) electrons. The molecule has 4 aromatic carbocycles. The first-order valence-corrected chi connectivity index (χ1v) is 22.3. The monoisotopic (exact) mass is 899 g/mol. The number of halogens is 1. The molecule has 2 atom stereocenters. The lowest BCUT2D eigenvalue weighted by molar-refractivity contribution is -0.126. The van der Waals surface area contributed by atoms with Gasteiger partial charge < -0.3 is 37.0 Å². The highest BCUT2D eigenvalue weighted by Crippen LogP contribution is 2.33. The molecule has 4 amide bonds. The van der Waals surface area contributed by atoms with Gasteiger partial charge in [-0.2, -0.15) is 0 Å². The molecule has 1 aromatic heterocycles. The van der Waals surface area contributed by atoms with E-state index in [2.05, 4.69) is 42.9 Å². The average Bonchev–Trinajstić information content (AvgIpc) is 3.29. The fraction of sp³-hybridized carbons (Fsp3) is 0.250. The van der Waals surface area contributed by atoms with Crippen LogP contribution in [0.1, 0.15) is 63.9 Å². The second-order valence-corrected chi connectivity index (χ2v) is 17.1. The number of nitrogen functional groups attached to an aromatic ring is 1. The molecule has 0 spiro atoms. The highest BCUT2D eigenvalue weighted by Gasteiger charge is 2.29. The molecular weight excluding hydrogens is 850 g/mol. The molecule has 65 heavy (non-hydrogen) atoms. The minimum absolute atomic E-state index is 0.0438. The summed E-state index contributed by atoms with van der Waals surface area (Å²) in [5, 5.41) is 14.4. The first-order valence-electron chi connectivity index (χ1n) is 21.2. The summed E-state index contributed by atoms with van der Waals surface area (Å²) >= 11 is 0. The summed E-state index contributed by atoms with van der Waals surface area (Å²) in [6, 6.07) is 22.8. The second kappa shape index (κ2) is 21.1. The first-order chi connectivity index (χ1) is 31.4. The third-order valence-corrected chi connectivity index (χ3v) is 12.4. The Morgan fingerprint density at radius 3 is 2.49 bits per heavy atom. The predicted octanol–water partition coefficient (Wildman–Crippen LogP) is 5.93. The van der Waals surface area contributed by atoms with Crippen LogP contribution >= 0.6 is 0 Å². The summed E-state index contributed by atoms with van der Waals surface area (Å²) in [5.41, 5.74) is 13.1. The number of amides is 4. The molecule has 0 aliphatic carbocycles. The van der Waals surface area contributed by atoms with Gasteiger partial charge in [-0.05, 0) is 111 Å². The van der Waals surface area contributed by atoms with Crippen LogP contribution in [0.5, 0.6) is 0 Å². The van der Waals surface area contributed by atoms with Gasteiger partial charge in [0.2, 0.25) is 17.7 Å². The number of hydrogen-bond acceptors (Lipinski definition) is 10. The van der Waals surface area contributed by atoms with E-state index in [0.717, 1.165) is 17.4 Å². The van der Waals surface area contributed by atoms with Crippen LogP contribution in [-0.4, -0.2) is 76.7 Å². The Bertz CT molecular complexity index is 2680. The quantitative estimate of drug-likeness (QED) is 0.0406. The molecule has 3 heterocycles. The Balaban J connectivity index is 0.833. The van der Waals surface area contributed by atoms with Crippen LogP contribution in [0.3, 0.4) is 0 Å². The number of carbonyl (C=O) groups is 5. The zero-order valence-corrected chi connectivity index (χ0v) is 36.6. The number of rotatable bonds is 18. The molecule has 5 aromatic rings. The van der Waals surface area contributed by atoms with Gasteiger partial charge >= 0.3 is 0 Å². The number of aldehydes is 1. The van der Waals surface area contributed by atoms with E-state index in [-0.39, 0.29) is 65.5 Å². The van der Waals surface area contributed by atoms with Crippen molar-refractivity contribution in [1.82, 2.24) is 25.8 Å². The number of pyridine rings is 1. The summed E-state index contributed by atoms with van der Waals surface area (Å²) in [4.78, 5) is 68.5. The number of unbranched alkanes of at least 4 members (excludes halogenated alkanes) is 1. The van der Waals surface area contributed by atoms with Gasteiger partial charge in [-0.3, -0.25) is 28.9 Å². The van der Waals surface area contributed by atoms with Crippen molar-refractivity contribution in [2.45, 2.75) is 56.0 Å². The van der Waals surface area contributed by atoms with Crippen molar-refractivity contribution >= 4 is 63.8 Å². The number of nitrogens with two attached hydrogens (primary N) is 1. The van der Waals surface area contributed by atoms with Gasteiger partial charge in [0, 0.05) is 81.8 Å². The Hall–Kier alpha value is -7.08. The molecule has 336 valence electrons. The van der Waals surface area contributed by atoms with Crippen molar-refractivity contribution < 1.29 is 32.6 Å². The molecule has 0 saturated carbocycles. The molecule has 2 unspecified atom stereocenters. The topological polar surface area (TPSA) is 217 Å². The predicted molar refractivity (Wildman–Crippen MR) is 250 cm³/mol. The lowest BCUT2D eigenvalue weighted by Gasteiger charge is -2.32. The standard InChI is InChI=1S/C48H50FN9O6S/c1-29-9-18-43(48(63)54-29)58(2)27-40-32(28-59)6-5-7-42(40)56-44(60)8-3-4-20-51-26-45(61)55-34-11-13-35(14-12-34)57-65(64)36-15-17-37(41(49)24-36)33-23-39(46(50)53-25-33)30-10-16-38-31(22-30)19-21-52-47(38)62/h5-7,10-17,22-25,28,43,51,57H,1,3-4,8-9,18-21,26-27H2,2H3,(H2,50,53)(H,52,62)(H,54,63)(H,55,61)(H,56,60). The number of aromatic nitrogens is 1. The number of fused-ring (bicyclic) bond motifs is 1. The van der Waals surface area contributed by atoms with Gasteiger partial charge in [-0.1, -0.05) is 36.9 Å². The number of anilines is 4. The van der Waals surface area contributed by atoms with Crippen molar-refractivity contribution in [3.63, 3.8) is 0 Å². The summed E-state index contributed by atoms with van der Waals surface area (Å²) in [5.74, 6) is -1.08. The van der Waals surface area contributed by atoms with Crippen LogP contribution < -0.4 is 37.0 Å². The molecule has 2 aliphatic heterocycles. The van der Waals surface area contributed by atoms with E-state index in [4.69, 9.17) is 5.73 Å². The highest BCUT2D eigenvalue weighted by molar-refractivity contribution is 7.86. The van der Waals surface area contributed by atoms with Crippen molar-refractivity contribution in [3.8, 4) is 22.3 Å². The molecular formula is C48H50FN9O6S. The van der Waals surface area contributed by atoms with E-state index in [1.807, 2.05) is 18.0 Å². The number of carbonyl (C=O) groups excluding carboxylic acids is 5. The van der Waals surface area contributed by atoms with Gasteiger partial charge in [0.1, 0.15) is 28.9 Å². The lowest BCUT2D eigenvalue weighted by atomic mass is 9.94. The molecule has 8 N–H and O–H groups in total. The van der Waals surface area contributed by atoms with Crippen LogP contribution in [0.25, 0.3) is 22.3 Å². The zero-order valence-electron chi connectivity index (χ0n) is 35.8. The van der Waals surface area contributed by atoms with Gasteiger partial charge in [0.15, 0.2) is 0 Å². The fourth-order valence-corrected chi connectivity index (χ4v) is 8.66. The summed E-state index contributed by atoms with van der Waals surface area (Å²) < 4.78 is 31.6. The SMILES string of the molecule is C=C1CCC(N(C)Cc2c(C=O)cccc2NC(=O)CCCCNCC(=O)Nc2ccc(NS(=O)c3ccc(-c4cnc(N)c(-c5ccc6c(c5)CCNC6=O)c4)c(F)c3)cc2)C(=O)N1. The lowest BCUT2D eigenvalue weighted by Crippen LogP contribution is -2.47. The molecule has 7 rings (SSSR count). The molecule has 2 aliphatic rings. The minimum Gasteiger partial charge on any atom is -0.383 e. The van der Waals surface area contributed by atoms with E-state index < -0.39 is 16.8 Å². The number of piperidine rings is 1. The molecule has 17 heteroatoms.